The van der Waals surface area contributed by atoms with Crippen molar-refractivity contribution in [3.63, 3.8) is 0 Å². The Kier molecular flexibility index (Phi) is 4.81. The van der Waals surface area contributed by atoms with E-state index < -0.39 is 48.0 Å². The van der Waals surface area contributed by atoms with E-state index in [0.717, 1.165) is 21.9 Å². The van der Waals surface area contributed by atoms with Crippen LogP contribution in [-0.4, -0.2) is 43.6 Å². The molecule has 11 heteroatoms. The van der Waals surface area contributed by atoms with Gasteiger partial charge >= 0.3 is 17.7 Å². The van der Waals surface area contributed by atoms with E-state index in [9.17, 15) is 33.1 Å². The molecule has 2 aromatic carbocycles. The van der Waals surface area contributed by atoms with Crippen LogP contribution in [0.5, 0.6) is 0 Å². The number of carbonyl (C=O) groups is 3. The first-order valence-corrected chi connectivity index (χ1v) is 10.6. The van der Waals surface area contributed by atoms with E-state index in [-0.39, 0.29) is 29.7 Å². The van der Waals surface area contributed by atoms with Crippen LogP contribution < -0.4 is 10.6 Å². The zero-order chi connectivity index (χ0) is 24.5. The van der Waals surface area contributed by atoms with Gasteiger partial charge in [-0.25, -0.2) is 18.4 Å². The Morgan fingerprint density at radius 1 is 1.03 bits per heavy atom. The van der Waals surface area contributed by atoms with Crippen LogP contribution in [0.15, 0.2) is 35.1 Å². The molecule has 3 amide bonds. The van der Waals surface area contributed by atoms with Gasteiger partial charge in [0, 0.05) is 32.4 Å². The maximum atomic E-state index is 14.3. The zero-order valence-corrected chi connectivity index (χ0v) is 18.3. The van der Waals surface area contributed by atoms with E-state index in [2.05, 4.69) is 0 Å². The van der Waals surface area contributed by atoms with Crippen molar-refractivity contribution in [2.45, 2.75) is 18.9 Å². The van der Waals surface area contributed by atoms with Gasteiger partial charge in [0.25, 0.3) is 0 Å². The number of benzene rings is 2. The highest BCUT2D eigenvalue weighted by Gasteiger charge is 2.48. The Morgan fingerprint density at radius 2 is 1.74 bits per heavy atom. The van der Waals surface area contributed by atoms with E-state index in [0.29, 0.717) is 16.7 Å². The third-order valence-electron chi connectivity index (χ3n) is 6.74. The van der Waals surface area contributed by atoms with Crippen molar-refractivity contribution in [1.29, 1.82) is 0 Å². The number of urea groups is 1. The fraction of sp³-hybridized carbons (Fsp3) is 0.304. The van der Waals surface area contributed by atoms with Gasteiger partial charge in [0.1, 0.15) is 11.6 Å². The number of halogens is 2. The Labute approximate surface area is 191 Å². The molecule has 1 aliphatic carbocycles. The van der Waals surface area contributed by atoms with Gasteiger partial charge in [-0.15, -0.1) is 0 Å². The lowest BCUT2D eigenvalue weighted by Gasteiger charge is -2.40. The number of hydrogen-bond donors (Lipinski definition) is 1. The number of imide groups is 1. The summed E-state index contributed by atoms with van der Waals surface area (Å²) in [5.41, 5.74) is 1.51. The summed E-state index contributed by atoms with van der Waals surface area (Å²) in [7, 11) is 3.17. The lowest BCUT2D eigenvalue weighted by Crippen LogP contribution is -2.59. The number of aryl methyl sites for hydroxylation is 2. The van der Waals surface area contributed by atoms with Crippen LogP contribution in [0.1, 0.15) is 23.6 Å². The topological polar surface area (TPSA) is 105 Å². The molecule has 2 aliphatic rings. The predicted octanol–water partition coefficient (Wildman–Crippen LogP) is 2.31. The number of rotatable bonds is 3. The van der Waals surface area contributed by atoms with Crippen LogP contribution in [0.2, 0.25) is 0 Å². The molecule has 1 aliphatic heterocycles. The SMILES string of the molecule is Cn1c(=O)n(C)c2cc(N3CC(C(=O)O)C(=O)N(C4CCc5c(F)cc(F)cc54)C3=O)ccc21. The number of fused-ring (bicyclic) bond motifs is 2. The minimum absolute atomic E-state index is 0.152. The van der Waals surface area contributed by atoms with E-state index in [1.807, 2.05) is 0 Å². The van der Waals surface area contributed by atoms with Crippen LogP contribution in [0.4, 0.5) is 19.3 Å². The quantitative estimate of drug-likeness (QED) is 0.592. The third kappa shape index (κ3) is 3.03. The van der Waals surface area contributed by atoms with Gasteiger partial charge in [0.15, 0.2) is 5.92 Å². The summed E-state index contributed by atoms with van der Waals surface area (Å²) in [6.07, 6.45) is 0.332. The van der Waals surface area contributed by atoms with Crippen molar-refractivity contribution < 1.29 is 28.3 Å². The molecule has 0 saturated carbocycles. The predicted molar refractivity (Wildman–Crippen MR) is 116 cm³/mol. The van der Waals surface area contributed by atoms with Crippen LogP contribution in [-0.2, 0) is 30.1 Å². The van der Waals surface area contributed by atoms with E-state index >= 15 is 0 Å². The molecule has 1 saturated heterocycles. The maximum absolute atomic E-state index is 14.3. The van der Waals surface area contributed by atoms with Crippen LogP contribution in [0.25, 0.3) is 11.0 Å². The molecule has 0 spiro atoms. The highest BCUT2D eigenvalue weighted by atomic mass is 19.1. The summed E-state index contributed by atoms with van der Waals surface area (Å²) in [4.78, 5) is 52.8. The van der Waals surface area contributed by atoms with Crippen LogP contribution in [0, 0.1) is 17.6 Å². The number of carboxylic acids is 1. The average molecular weight is 470 g/mol. The second-order valence-corrected chi connectivity index (χ2v) is 8.58. The van der Waals surface area contributed by atoms with Crippen molar-refractivity contribution in [3.8, 4) is 0 Å². The number of amides is 3. The molecule has 2 atom stereocenters. The molecule has 9 nitrogen and oxygen atoms in total. The fourth-order valence-electron chi connectivity index (χ4n) is 4.97. The Hall–Kier alpha value is -4.02. The van der Waals surface area contributed by atoms with Gasteiger partial charge in [-0.3, -0.25) is 28.5 Å². The zero-order valence-electron chi connectivity index (χ0n) is 18.3. The van der Waals surface area contributed by atoms with Crippen LogP contribution in [0.3, 0.4) is 0 Å². The highest BCUT2D eigenvalue weighted by Crippen LogP contribution is 2.41. The van der Waals surface area contributed by atoms with Gasteiger partial charge in [0.2, 0.25) is 5.91 Å². The molecule has 1 fully saturated rings. The summed E-state index contributed by atoms with van der Waals surface area (Å²) in [6, 6.07) is 4.81. The van der Waals surface area contributed by atoms with Gasteiger partial charge in [0.05, 0.1) is 17.1 Å². The van der Waals surface area contributed by atoms with Gasteiger partial charge in [-0.05, 0) is 48.2 Å². The van der Waals surface area contributed by atoms with Gasteiger partial charge < -0.3 is 5.11 Å². The van der Waals surface area contributed by atoms with Crippen LogP contribution >= 0.6 is 0 Å². The molecule has 0 radical (unpaired) electrons. The average Bonchev–Trinajstić information content (AvgIpc) is 3.29. The fourth-order valence-corrected chi connectivity index (χ4v) is 4.97. The highest BCUT2D eigenvalue weighted by molar-refractivity contribution is 6.13. The molecule has 34 heavy (non-hydrogen) atoms. The molecule has 2 unspecified atom stereocenters. The first-order valence-electron chi connectivity index (χ1n) is 10.6. The summed E-state index contributed by atoms with van der Waals surface area (Å²) >= 11 is 0. The molecule has 5 rings (SSSR count). The van der Waals surface area contributed by atoms with Crippen molar-refractivity contribution in [2.75, 3.05) is 11.4 Å². The number of anilines is 1. The second kappa shape index (κ2) is 7.51. The summed E-state index contributed by atoms with van der Waals surface area (Å²) in [5, 5.41) is 9.71. The van der Waals surface area contributed by atoms with E-state index in [1.54, 1.807) is 32.3 Å². The standard InChI is InChI=1S/C23H20F2N4O5/c1-26-18-5-3-12(9-19(18)27(2)22(26)33)28-10-15(21(31)32)20(30)29(23(28)34)17-6-4-13-14(17)7-11(24)8-16(13)25/h3,5,7-9,15,17H,4,6,10H2,1-2H3,(H,31,32). The molecule has 0 bridgehead atoms. The Balaban J connectivity index is 1.61. The third-order valence-corrected chi connectivity index (χ3v) is 6.74. The number of aliphatic carboxylic acids is 1. The number of aromatic nitrogens is 2. The number of imidazole rings is 1. The summed E-state index contributed by atoms with van der Waals surface area (Å²) in [6.45, 7) is -0.410. The number of hydrogen-bond acceptors (Lipinski definition) is 4. The molecule has 3 aromatic rings. The number of nitrogens with zero attached hydrogens (tertiary/aromatic N) is 4. The molecule has 2 heterocycles. The molecule has 1 aromatic heterocycles. The number of carbonyl (C=O) groups excluding carboxylic acids is 2. The van der Waals surface area contributed by atoms with Gasteiger partial charge in [-0.1, -0.05) is 0 Å². The molecular formula is C23H20F2N4O5. The maximum Gasteiger partial charge on any atom is 0.331 e. The molecular weight excluding hydrogens is 450 g/mol. The van der Waals surface area contributed by atoms with E-state index in [4.69, 9.17) is 0 Å². The lowest BCUT2D eigenvalue weighted by molar-refractivity contribution is -0.151. The van der Waals surface area contributed by atoms with E-state index in [1.165, 1.54) is 9.13 Å². The largest absolute Gasteiger partial charge is 0.481 e. The lowest BCUT2D eigenvalue weighted by atomic mass is 9.99. The molecule has 176 valence electrons. The Morgan fingerprint density at radius 3 is 2.44 bits per heavy atom. The summed E-state index contributed by atoms with van der Waals surface area (Å²) in [5.74, 6) is -5.51. The van der Waals surface area contributed by atoms with Crippen molar-refractivity contribution in [1.82, 2.24) is 14.0 Å². The minimum Gasteiger partial charge on any atom is -0.481 e. The minimum atomic E-state index is -1.56. The Bertz CT molecular complexity index is 1460. The second-order valence-electron chi connectivity index (χ2n) is 8.58. The number of carboxylic acid groups (broad SMARTS) is 1. The van der Waals surface area contributed by atoms with Crippen molar-refractivity contribution in [2.24, 2.45) is 20.0 Å². The molecule has 1 N–H and O–H groups in total. The van der Waals surface area contributed by atoms with Crippen molar-refractivity contribution in [3.05, 3.63) is 63.6 Å². The van der Waals surface area contributed by atoms with Gasteiger partial charge in [-0.2, -0.15) is 0 Å². The monoisotopic (exact) mass is 470 g/mol. The summed E-state index contributed by atoms with van der Waals surface area (Å²) < 4.78 is 31.1. The first-order chi connectivity index (χ1) is 16.1. The normalized spacial score (nSPS) is 20.4. The smallest absolute Gasteiger partial charge is 0.331 e. The van der Waals surface area contributed by atoms with Crippen molar-refractivity contribution >= 4 is 34.6 Å². The first kappa shape index (κ1) is 21.8.